The van der Waals surface area contributed by atoms with E-state index in [1.807, 2.05) is 49.2 Å². The number of aryl methyl sites for hydroxylation is 2. The molecule has 0 bridgehead atoms. The minimum absolute atomic E-state index is 0.598. The predicted octanol–water partition coefficient (Wildman–Crippen LogP) is 3.79. The SMILES string of the molecule is CSc1nc2ccccc2c(NCc2c(C)nn(C)c2C)c1C#N. The molecule has 0 atom stereocenters. The molecular formula is C18H19N5S. The number of anilines is 1. The quantitative estimate of drug-likeness (QED) is 0.734. The Bertz CT molecular complexity index is 952. The molecule has 0 fully saturated rings. The van der Waals surface area contributed by atoms with Crippen molar-refractivity contribution in [1.82, 2.24) is 14.8 Å². The third-order valence-corrected chi connectivity index (χ3v) is 4.95. The lowest BCUT2D eigenvalue weighted by Gasteiger charge is -2.14. The maximum atomic E-state index is 9.64. The minimum atomic E-state index is 0.598. The van der Waals surface area contributed by atoms with E-state index in [9.17, 15) is 5.26 Å². The predicted molar refractivity (Wildman–Crippen MR) is 98.2 cm³/mol. The van der Waals surface area contributed by atoms with Crippen LogP contribution in [0.4, 0.5) is 5.69 Å². The number of pyridine rings is 1. The summed E-state index contributed by atoms with van der Waals surface area (Å²) in [7, 11) is 1.94. The van der Waals surface area contributed by atoms with Gasteiger partial charge in [0.1, 0.15) is 16.7 Å². The van der Waals surface area contributed by atoms with E-state index in [4.69, 9.17) is 0 Å². The normalized spacial score (nSPS) is 10.8. The zero-order valence-corrected chi connectivity index (χ0v) is 15.0. The molecule has 0 aliphatic heterocycles. The largest absolute Gasteiger partial charge is 0.379 e. The Hall–Kier alpha value is -2.52. The van der Waals surface area contributed by atoms with E-state index in [2.05, 4.69) is 28.4 Å². The van der Waals surface area contributed by atoms with E-state index >= 15 is 0 Å². The van der Waals surface area contributed by atoms with Gasteiger partial charge < -0.3 is 5.32 Å². The third kappa shape index (κ3) is 2.72. The molecule has 0 saturated heterocycles. The summed E-state index contributed by atoms with van der Waals surface area (Å²) in [4.78, 5) is 4.60. The van der Waals surface area contributed by atoms with Crippen LogP contribution >= 0.6 is 11.8 Å². The molecule has 0 amide bonds. The van der Waals surface area contributed by atoms with Crippen LogP contribution in [0.15, 0.2) is 29.3 Å². The molecular weight excluding hydrogens is 318 g/mol. The highest BCUT2D eigenvalue weighted by molar-refractivity contribution is 7.98. The Morgan fingerprint density at radius 2 is 2.04 bits per heavy atom. The fourth-order valence-corrected chi connectivity index (χ4v) is 3.42. The number of aromatic nitrogens is 3. The van der Waals surface area contributed by atoms with Crippen molar-refractivity contribution in [3.63, 3.8) is 0 Å². The number of nitrogens with zero attached hydrogens (tertiary/aromatic N) is 4. The smallest absolute Gasteiger partial charge is 0.116 e. The number of nitriles is 1. The Balaban J connectivity index is 2.09. The second-order valence-corrected chi connectivity index (χ2v) is 6.42. The topological polar surface area (TPSA) is 66.5 Å². The van der Waals surface area contributed by atoms with Gasteiger partial charge in [-0.2, -0.15) is 10.4 Å². The summed E-state index contributed by atoms with van der Waals surface area (Å²) >= 11 is 1.49. The van der Waals surface area contributed by atoms with E-state index in [0.717, 1.165) is 38.6 Å². The van der Waals surface area contributed by atoms with E-state index in [0.29, 0.717) is 12.1 Å². The molecule has 0 unspecified atom stereocenters. The molecule has 0 radical (unpaired) electrons. The van der Waals surface area contributed by atoms with Crippen molar-refractivity contribution in [1.29, 1.82) is 5.26 Å². The summed E-state index contributed by atoms with van der Waals surface area (Å²) in [5, 5.41) is 19.3. The molecule has 122 valence electrons. The van der Waals surface area contributed by atoms with Crippen LogP contribution < -0.4 is 5.32 Å². The average Bonchev–Trinajstić information content (AvgIpc) is 2.84. The molecule has 2 aromatic heterocycles. The van der Waals surface area contributed by atoms with E-state index in [1.165, 1.54) is 11.8 Å². The van der Waals surface area contributed by atoms with Gasteiger partial charge in [-0.15, -0.1) is 11.8 Å². The van der Waals surface area contributed by atoms with Crippen LogP contribution in [-0.2, 0) is 13.6 Å². The molecule has 0 saturated carbocycles. The Morgan fingerprint density at radius 3 is 2.67 bits per heavy atom. The second-order valence-electron chi connectivity index (χ2n) is 5.63. The summed E-state index contributed by atoms with van der Waals surface area (Å²) in [6.07, 6.45) is 1.94. The monoisotopic (exact) mass is 337 g/mol. The van der Waals surface area contributed by atoms with E-state index < -0.39 is 0 Å². The molecule has 6 heteroatoms. The van der Waals surface area contributed by atoms with Crippen molar-refractivity contribution in [2.24, 2.45) is 7.05 Å². The number of hydrogen-bond acceptors (Lipinski definition) is 5. The number of benzene rings is 1. The van der Waals surface area contributed by atoms with Crippen LogP contribution in [0, 0.1) is 25.2 Å². The highest BCUT2D eigenvalue weighted by atomic mass is 32.2. The van der Waals surface area contributed by atoms with Crippen molar-refractivity contribution in [3.8, 4) is 6.07 Å². The van der Waals surface area contributed by atoms with Gasteiger partial charge in [0, 0.05) is 30.2 Å². The first-order chi connectivity index (χ1) is 11.6. The standard InChI is InChI=1S/C18H19N5S/c1-11-15(12(2)23(3)22-11)10-20-17-13-7-5-6-8-16(13)21-18(24-4)14(17)9-19/h5-8H,10H2,1-4H3,(H,20,21). The maximum Gasteiger partial charge on any atom is 0.116 e. The summed E-state index contributed by atoms with van der Waals surface area (Å²) in [6.45, 7) is 4.69. The maximum absolute atomic E-state index is 9.64. The minimum Gasteiger partial charge on any atom is -0.379 e. The zero-order valence-electron chi connectivity index (χ0n) is 14.2. The first kappa shape index (κ1) is 16.3. The lowest BCUT2D eigenvalue weighted by Crippen LogP contribution is -2.06. The molecule has 24 heavy (non-hydrogen) atoms. The average molecular weight is 337 g/mol. The number of hydrogen-bond donors (Lipinski definition) is 1. The first-order valence-electron chi connectivity index (χ1n) is 7.66. The van der Waals surface area contributed by atoms with Crippen LogP contribution in [0.5, 0.6) is 0 Å². The van der Waals surface area contributed by atoms with Crippen LogP contribution in [0.2, 0.25) is 0 Å². The third-order valence-electron chi connectivity index (χ3n) is 4.27. The number of thioether (sulfide) groups is 1. The van der Waals surface area contributed by atoms with Crippen molar-refractivity contribution < 1.29 is 0 Å². The Kier molecular flexibility index (Phi) is 4.45. The molecule has 0 aliphatic rings. The molecule has 3 aromatic rings. The van der Waals surface area contributed by atoms with Gasteiger partial charge >= 0.3 is 0 Å². The first-order valence-corrected chi connectivity index (χ1v) is 8.89. The van der Waals surface area contributed by atoms with E-state index in [-0.39, 0.29) is 0 Å². The van der Waals surface area contributed by atoms with Gasteiger partial charge in [0.2, 0.25) is 0 Å². The molecule has 5 nitrogen and oxygen atoms in total. The van der Waals surface area contributed by atoms with Gasteiger partial charge in [-0.3, -0.25) is 4.68 Å². The van der Waals surface area contributed by atoms with Gasteiger partial charge in [0.05, 0.1) is 16.9 Å². The summed E-state index contributed by atoms with van der Waals surface area (Å²) in [6, 6.07) is 10.2. The van der Waals surface area contributed by atoms with E-state index in [1.54, 1.807) is 0 Å². The molecule has 0 spiro atoms. The number of rotatable bonds is 4. The molecule has 3 rings (SSSR count). The number of nitrogens with one attached hydrogen (secondary N) is 1. The zero-order chi connectivity index (χ0) is 17.3. The molecule has 1 aromatic carbocycles. The highest BCUT2D eigenvalue weighted by Gasteiger charge is 2.16. The summed E-state index contributed by atoms with van der Waals surface area (Å²) in [5.41, 5.74) is 5.62. The lowest BCUT2D eigenvalue weighted by molar-refractivity contribution is 0.730. The summed E-state index contributed by atoms with van der Waals surface area (Å²) < 4.78 is 1.88. The summed E-state index contributed by atoms with van der Waals surface area (Å²) in [5.74, 6) is 0. The van der Waals surface area contributed by atoms with Crippen LogP contribution in [0.1, 0.15) is 22.5 Å². The molecule has 2 heterocycles. The number of fused-ring (bicyclic) bond motifs is 1. The van der Waals surface area contributed by atoms with Crippen molar-refractivity contribution >= 4 is 28.4 Å². The van der Waals surface area contributed by atoms with Crippen molar-refractivity contribution in [3.05, 3.63) is 46.8 Å². The van der Waals surface area contributed by atoms with Crippen LogP contribution in [0.3, 0.4) is 0 Å². The lowest BCUT2D eigenvalue weighted by atomic mass is 10.1. The van der Waals surface area contributed by atoms with Gasteiger partial charge in [0.25, 0.3) is 0 Å². The Labute approximate surface area is 145 Å². The van der Waals surface area contributed by atoms with Crippen LogP contribution in [0.25, 0.3) is 10.9 Å². The highest BCUT2D eigenvalue weighted by Crippen LogP contribution is 2.32. The fraction of sp³-hybridized carbons (Fsp3) is 0.278. The van der Waals surface area contributed by atoms with Gasteiger partial charge in [0.15, 0.2) is 0 Å². The van der Waals surface area contributed by atoms with Gasteiger partial charge in [-0.25, -0.2) is 4.98 Å². The van der Waals surface area contributed by atoms with Gasteiger partial charge in [-0.05, 0) is 26.2 Å². The second kappa shape index (κ2) is 6.54. The van der Waals surface area contributed by atoms with Gasteiger partial charge in [-0.1, -0.05) is 18.2 Å². The molecule has 0 aliphatic carbocycles. The molecule has 1 N–H and O–H groups in total. The number of para-hydroxylation sites is 1. The fourth-order valence-electron chi connectivity index (χ4n) is 2.87. The van der Waals surface area contributed by atoms with Crippen molar-refractivity contribution in [2.75, 3.05) is 11.6 Å². The van der Waals surface area contributed by atoms with Crippen LogP contribution in [-0.4, -0.2) is 21.0 Å². The Morgan fingerprint density at radius 1 is 1.29 bits per heavy atom. The van der Waals surface area contributed by atoms with Crippen molar-refractivity contribution in [2.45, 2.75) is 25.4 Å².